The van der Waals surface area contributed by atoms with Crippen LogP contribution in [0.1, 0.15) is 44.2 Å². The van der Waals surface area contributed by atoms with Gasteiger partial charge < -0.3 is 5.32 Å². The van der Waals surface area contributed by atoms with Gasteiger partial charge in [-0.25, -0.2) is 40.5 Å². The van der Waals surface area contributed by atoms with Crippen molar-refractivity contribution >= 4 is 58.9 Å². The molecule has 2 aromatic heterocycles. The van der Waals surface area contributed by atoms with Gasteiger partial charge in [0.1, 0.15) is 0 Å². The molecule has 0 bridgehead atoms. The molecule has 2 aromatic carbocycles. The summed E-state index contributed by atoms with van der Waals surface area (Å²) in [5.74, 6) is -0.685. The smallest absolute Gasteiger partial charge is 0.237 e. The van der Waals surface area contributed by atoms with E-state index in [9.17, 15) is 16.8 Å². The average Bonchev–Trinajstić information content (AvgIpc) is 3.41. The van der Waals surface area contributed by atoms with Gasteiger partial charge >= 0.3 is 0 Å². The zero-order valence-electron chi connectivity index (χ0n) is 25.2. The van der Waals surface area contributed by atoms with E-state index in [4.69, 9.17) is 9.97 Å². The maximum absolute atomic E-state index is 16.1. The monoisotopic (exact) mass is 736 g/mol. The van der Waals surface area contributed by atoms with E-state index in [-0.39, 0.29) is 28.5 Å². The number of hydrogen-bond donors (Lipinski definition) is 2. The molecule has 3 heterocycles. The van der Waals surface area contributed by atoms with E-state index in [1.54, 1.807) is 48.7 Å². The van der Waals surface area contributed by atoms with Gasteiger partial charge in [0, 0.05) is 40.8 Å². The van der Waals surface area contributed by atoms with Gasteiger partial charge in [0.15, 0.2) is 5.82 Å². The summed E-state index contributed by atoms with van der Waals surface area (Å²) in [7, 11) is -7.16. The molecular formula is C30H34BrFN6O4S3. The lowest BCUT2D eigenvalue weighted by Crippen LogP contribution is -2.42. The summed E-state index contributed by atoms with van der Waals surface area (Å²) < 4.78 is 70.6. The molecule has 15 heteroatoms. The van der Waals surface area contributed by atoms with Crippen LogP contribution in [0.2, 0.25) is 0 Å². The van der Waals surface area contributed by atoms with Gasteiger partial charge in [-0.3, -0.25) is 4.72 Å². The van der Waals surface area contributed by atoms with Crippen LogP contribution >= 0.6 is 27.3 Å². The molecule has 5 rings (SSSR count). The van der Waals surface area contributed by atoms with E-state index in [1.807, 2.05) is 20.8 Å². The number of sulfonamides is 2. The molecular weight excluding hydrogens is 703 g/mol. The highest BCUT2D eigenvalue weighted by Crippen LogP contribution is 2.42. The van der Waals surface area contributed by atoms with Gasteiger partial charge in [-0.2, -0.15) is 0 Å². The van der Waals surface area contributed by atoms with Gasteiger partial charge in [0.05, 0.1) is 39.0 Å². The molecule has 4 aromatic rings. The van der Waals surface area contributed by atoms with Crippen molar-refractivity contribution in [3.63, 3.8) is 0 Å². The minimum atomic E-state index is -3.92. The van der Waals surface area contributed by atoms with Crippen molar-refractivity contribution in [2.45, 2.75) is 50.8 Å². The minimum Gasteiger partial charge on any atom is -0.351 e. The number of piperidine rings is 1. The Balaban J connectivity index is 1.45. The van der Waals surface area contributed by atoms with E-state index in [1.165, 1.54) is 28.0 Å². The van der Waals surface area contributed by atoms with Gasteiger partial charge in [0.2, 0.25) is 26.0 Å². The fourth-order valence-electron chi connectivity index (χ4n) is 4.86. The Kier molecular flexibility index (Phi) is 9.66. The summed E-state index contributed by atoms with van der Waals surface area (Å²) in [6.45, 7) is 6.86. The van der Waals surface area contributed by atoms with Crippen molar-refractivity contribution in [1.82, 2.24) is 19.3 Å². The second-order valence-corrected chi connectivity index (χ2v) is 17.6. The summed E-state index contributed by atoms with van der Waals surface area (Å²) in [4.78, 5) is 14.6. The molecule has 1 aliphatic rings. The Morgan fingerprint density at radius 2 is 1.71 bits per heavy atom. The van der Waals surface area contributed by atoms with Crippen molar-refractivity contribution < 1.29 is 21.2 Å². The highest BCUT2D eigenvalue weighted by molar-refractivity contribution is 9.10. The van der Waals surface area contributed by atoms with E-state index in [2.05, 4.69) is 31.0 Å². The first kappa shape index (κ1) is 33.4. The number of halogens is 2. The molecule has 240 valence electrons. The molecule has 1 saturated heterocycles. The maximum atomic E-state index is 16.1. The van der Waals surface area contributed by atoms with Crippen LogP contribution in [0.25, 0.3) is 21.8 Å². The maximum Gasteiger partial charge on any atom is 0.237 e. The van der Waals surface area contributed by atoms with Crippen molar-refractivity contribution in [3.8, 4) is 21.8 Å². The second-order valence-electron chi connectivity index (χ2n) is 11.9. The number of thiazole rings is 1. The molecule has 1 fully saturated rings. The Bertz CT molecular complexity index is 1900. The third-order valence-electron chi connectivity index (χ3n) is 7.20. The van der Waals surface area contributed by atoms with Crippen molar-refractivity contribution in [2.75, 3.05) is 29.4 Å². The Morgan fingerprint density at radius 1 is 1.02 bits per heavy atom. The van der Waals surface area contributed by atoms with Crippen LogP contribution in [0, 0.1) is 5.82 Å². The number of benzene rings is 2. The van der Waals surface area contributed by atoms with Crippen LogP contribution < -0.4 is 10.0 Å². The van der Waals surface area contributed by atoms with Crippen LogP contribution in [-0.2, 0) is 31.2 Å². The minimum absolute atomic E-state index is 0.0103. The SMILES string of the molecule is CC(C)(C)c1nc(-c2cccc(NS(=O)(=O)Cc3ccc(Br)cc3)c2F)c(-c2ccnc(NC3CCN(S(C)(=O)=O)CC3)n2)s1. The lowest BCUT2D eigenvalue weighted by molar-refractivity contribution is 0.331. The molecule has 0 saturated carbocycles. The van der Waals surface area contributed by atoms with Crippen molar-refractivity contribution in [1.29, 1.82) is 0 Å². The fraction of sp³-hybridized carbons (Fsp3) is 0.367. The quantitative estimate of drug-likeness (QED) is 0.206. The topological polar surface area (TPSA) is 134 Å². The van der Waals surface area contributed by atoms with E-state index < -0.39 is 25.9 Å². The van der Waals surface area contributed by atoms with E-state index in [0.29, 0.717) is 53.7 Å². The number of anilines is 2. The van der Waals surface area contributed by atoms with Crippen LogP contribution in [0.15, 0.2) is 59.2 Å². The molecule has 0 aliphatic carbocycles. The van der Waals surface area contributed by atoms with Crippen LogP contribution in [0.4, 0.5) is 16.0 Å². The normalized spacial score (nSPS) is 15.2. The zero-order chi connectivity index (χ0) is 32.6. The van der Waals surface area contributed by atoms with Gasteiger partial charge in [-0.05, 0) is 48.7 Å². The second kappa shape index (κ2) is 13.0. The number of aromatic nitrogens is 3. The first-order valence-corrected chi connectivity index (χ1v) is 19.3. The first-order chi connectivity index (χ1) is 21.1. The molecule has 0 spiro atoms. The molecule has 0 amide bonds. The van der Waals surface area contributed by atoms with Crippen molar-refractivity contribution in [3.05, 3.63) is 75.6 Å². The predicted molar refractivity (Wildman–Crippen MR) is 181 cm³/mol. The molecule has 0 unspecified atom stereocenters. The third kappa shape index (κ3) is 8.25. The molecule has 1 aliphatic heterocycles. The van der Waals surface area contributed by atoms with Gasteiger partial charge in [0.25, 0.3) is 0 Å². The number of rotatable bonds is 9. The summed E-state index contributed by atoms with van der Waals surface area (Å²) >= 11 is 4.73. The van der Waals surface area contributed by atoms with Gasteiger partial charge in [-0.15, -0.1) is 11.3 Å². The Morgan fingerprint density at radius 3 is 2.36 bits per heavy atom. The van der Waals surface area contributed by atoms with Crippen LogP contribution in [0.3, 0.4) is 0 Å². The number of nitrogens with zero attached hydrogens (tertiary/aromatic N) is 4. The standard InChI is InChI=1S/C30H34BrFN6O4S3/c1-30(2,3)28-36-26(22-6-5-7-23(25(22)32)37-45(41,42)18-19-8-10-20(31)11-9-19)27(43-28)24-12-15-33-29(35-24)34-21-13-16-38(17-14-21)44(4,39)40/h5-12,15,21,37H,13-14,16-18H2,1-4H3,(H,33,34,35). The zero-order valence-corrected chi connectivity index (χ0v) is 29.2. The third-order valence-corrected chi connectivity index (χ3v) is 11.8. The largest absolute Gasteiger partial charge is 0.351 e. The number of hydrogen-bond acceptors (Lipinski definition) is 9. The molecule has 45 heavy (non-hydrogen) atoms. The highest BCUT2D eigenvalue weighted by Gasteiger charge is 2.28. The van der Waals surface area contributed by atoms with E-state index >= 15 is 4.39 Å². The molecule has 10 nitrogen and oxygen atoms in total. The highest BCUT2D eigenvalue weighted by atomic mass is 79.9. The first-order valence-electron chi connectivity index (χ1n) is 14.2. The molecule has 0 radical (unpaired) electrons. The predicted octanol–water partition coefficient (Wildman–Crippen LogP) is 6.24. The molecule has 0 atom stereocenters. The average molecular weight is 738 g/mol. The molecule has 2 N–H and O–H groups in total. The fourth-order valence-corrected chi connectivity index (χ4v) is 8.31. The summed E-state index contributed by atoms with van der Waals surface area (Å²) in [6.07, 6.45) is 4.04. The Labute approximate surface area is 275 Å². The summed E-state index contributed by atoms with van der Waals surface area (Å²) in [6, 6.07) is 13.1. The number of nitrogens with one attached hydrogen (secondary N) is 2. The Hall–Kier alpha value is -2.98. The van der Waals surface area contributed by atoms with Crippen LogP contribution in [0.5, 0.6) is 0 Å². The van der Waals surface area contributed by atoms with Crippen LogP contribution in [-0.4, -0.2) is 61.5 Å². The summed E-state index contributed by atoms with van der Waals surface area (Å²) in [5.41, 5.74) is 1.06. The lowest BCUT2D eigenvalue weighted by atomic mass is 9.98. The summed E-state index contributed by atoms with van der Waals surface area (Å²) in [5, 5.41) is 4.07. The van der Waals surface area contributed by atoms with Gasteiger partial charge in [-0.1, -0.05) is 54.9 Å². The van der Waals surface area contributed by atoms with E-state index in [0.717, 1.165) is 9.48 Å². The van der Waals surface area contributed by atoms with Crippen molar-refractivity contribution in [2.24, 2.45) is 0 Å². The lowest BCUT2D eigenvalue weighted by Gasteiger charge is -2.30.